The molecular weight excluding hydrogens is 407 g/mol. The molecule has 0 aliphatic heterocycles. The lowest BCUT2D eigenvalue weighted by molar-refractivity contribution is -0.0239. The maximum absolute atomic E-state index is 14.7. The molecule has 0 aliphatic rings. The number of pyridine rings is 1. The number of nitrogens with one attached hydrogen (secondary N) is 1. The molecule has 1 N–H and O–H groups in total. The van der Waals surface area contributed by atoms with Gasteiger partial charge < -0.3 is 14.8 Å². The zero-order valence-electron chi connectivity index (χ0n) is 17.5. The third-order valence-corrected chi connectivity index (χ3v) is 4.86. The molecule has 0 saturated carbocycles. The molecule has 0 spiro atoms. The third-order valence-electron chi connectivity index (χ3n) is 4.38. The van der Waals surface area contributed by atoms with Crippen molar-refractivity contribution in [1.82, 2.24) is 4.98 Å². The summed E-state index contributed by atoms with van der Waals surface area (Å²) in [6.45, 7) is 8.79. The summed E-state index contributed by atoms with van der Waals surface area (Å²) in [7, 11) is 0. The number of carbonyl (C=O) groups is 1. The Morgan fingerprint density at radius 3 is 2.53 bits per heavy atom. The Morgan fingerprint density at radius 2 is 1.87 bits per heavy atom. The van der Waals surface area contributed by atoms with Crippen molar-refractivity contribution in [3.05, 3.63) is 64.4 Å². The maximum atomic E-state index is 14.7. The summed E-state index contributed by atoms with van der Waals surface area (Å²) in [5.74, 6) is -0.0240. The topological polar surface area (TPSA) is 60.5 Å². The lowest BCUT2D eigenvalue weighted by Gasteiger charge is -2.21. The molecule has 0 radical (unpaired) electrons. The smallest absolute Gasteiger partial charge is 0.429 e. The second kappa shape index (κ2) is 8.48. The van der Waals surface area contributed by atoms with Crippen LogP contribution in [0.3, 0.4) is 0 Å². The molecule has 0 unspecified atom stereocenters. The van der Waals surface area contributed by atoms with E-state index in [-0.39, 0.29) is 5.69 Å². The number of ether oxygens (including phenoxy) is 2. The highest BCUT2D eigenvalue weighted by Crippen LogP contribution is 2.29. The van der Waals surface area contributed by atoms with Gasteiger partial charge in [0.1, 0.15) is 23.3 Å². The van der Waals surface area contributed by atoms with Crippen LogP contribution in [-0.4, -0.2) is 16.7 Å². The highest BCUT2D eigenvalue weighted by atomic mass is 35.5. The number of anilines is 2. The summed E-state index contributed by atoms with van der Waals surface area (Å²) < 4.78 is 25.0. The van der Waals surface area contributed by atoms with E-state index in [9.17, 15) is 9.18 Å². The van der Waals surface area contributed by atoms with Crippen LogP contribution in [0.5, 0.6) is 0 Å². The summed E-state index contributed by atoms with van der Waals surface area (Å²) in [6.07, 6.45) is -1.46. The SMILES string of the molecule is Cc1ccc2ccc(Nc3ccc([C@H](C)OC(=O)OC(C)(C)C)cc3F)nc2c1Cl. The number of carbonyl (C=O) groups excluding carboxylic acids is 1. The molecule has 158 valence electrons. The number of halogens is 2. The lowest BCUT2D eigenvalue weighted by Crippen LogP contribution is -2.25. The number of aryl methyl sites for hydroxylation is 1. The van der Waals surface area contributed by atoms with Crippen molar-refractivity contribution in [1.29, 1.82) is 0 Å². The molecule has 5 nitrogen and oxygen atoms in total. The van der Waals surface area contributed by atoms with E-state index in [0.717, 1.165) is 10.9 Å². The van der Waals surface area contributed by atoms with Crippen LogP contribution >= 0.6 is 11.6 Å². The fourth-order valence-electron chi connectivity index (χ4n) is 2.83. The van der Waals surface area contributed by atoms with E-state index < -0.39 is 23.7 Å². The van der Waals surface area contributed by atoms with Crippen molar-refractivity contribution in [2.45, 2.75) is 46.3 Å². The molecule has 0 fully saturated rings. The first kappa shape index (κ1) is 21.8. The molecule has 0 aliphatic carbocycles. The van der Waals surface area contributed by atoms with Crippen molar-refractivity contribution in [2.24, 2.45) is 0 Å². The van der Waals surface area contributed by atoms with E-state index in [1.165, 1.54) is 6.07 Å². The number of aromatic nitrogens is 1. The monoisotopic (exact) mass is 430 g/mol. The van der Waals surface area contributed by atoms with Gasteiger partial charge in [0.15, 0.2) is 0 Å². The van der Waals surface area contributed by atoms with Gasteiger partial charge in [0.05, 0.1) is 16.2 Å². The van der Waals surface area contributed by atoms with Crippen LogP contribution < -0.4 is 5.32 Å². The summed E-state index contributed by atoms with van der Waals surface area (Å²) in [5.41, 5.74) is 1.67. The van der Waals surface area contributed by atoms with E-state index in [1.807, 2.05) is 25.1 Å². The van der Waals surface area contributed by atoms with Gasteiger partial charge in [0.25, 0.3) is 0 Å². The summed E-state index contributed by atoms with van der Waals surface area (Å²) >= 11 is 6.35. The minimum absolute atomic E-state index is 0.249. The van der Waals surface area contributed by atoms with Gasteiger partial charge in [-0.15, -0.1) is 0 Å². The summed E-state index contributed by atoms with van der Waals surface area (Å²) in [5, 5.41) is 4.44. The van der Waals surface area contributed by atoms with Gasteiger partial charge in [-0.2, -0.15) is 0 Å². The zero-order valence-corrected chi connectivity index (χ0v) is 18.3. The van der Waals surface area contributed by atoms with Crippen molar-refractivity contribution < 1.29 is 18.7 Å². The molecule has 0 bridgehead atoms. The Bertz CT molecular complexity index is 1100. The molecule has 2 aromatic carbocycles. The fourth-order valence-corrected chi connectivity index (χ4v) is 3.05. The van der Waals surface area contributed by atoms with Crippen LogP contribution in [0.4, 0.5) is 20.7 Å². The maximum Gasteiger partial charge on any atom is 0.509 e. The molecule has 30 heavy (non-hydrogen) atoms. The minimum Gasteiger partial charge on any atom is -0.429 e. The third kappa shape index (κ3) is 5.19. The van der Waals surface area contributed by atoms with Crippen LogP contribution in [0.15, 0.2) is 42.5 Å². The minimum atomic E-state index is -0.801. The van der Waals surface area contributed by atoms with E-state index >= 15 is 0 Å². The van der Waals surface area contributed by atoms with Crippen molar-refractivity contribution in [3.63, 3.8) is 0 Å². The second-order valence-electron chi connectivity index (χ2n) is 8.05. The van der Waals surface area contributed by atoms with Gasteiger partial charge in [-0.3, -0.25) is 0 Å². The standard InChI is InChI=1S/C23H24ClFN2O3/c1-13-6-7-15-9-11-19(27-21(15)20(13)24)26-18-10-8-16(12-17(18)25)14(2)29-22(28)30-23(3,4)5/h6-12,14H,1-5H3,(H,26,27)/t14-/m0/s1. The molecule has 0 saturated heterocycles. The predicted molar refractivity (Wildman–Crippen MR) is 117 cm³/mol. The van der Waals surface area contributed by atoms with E-state index in [0.29, 0.717) is 21.9 Å². The molecule has 0 amide bonds. The largest absolute Gasteiger partial charge is 0.509 e. The van der Waals surface area contributed by atoms with Crippen molar-refractivity contribution >= 4 is 40.2 Å². The summed E-state index contributed by atoms with van der Waals surface area (Å²) in [4.78, 5) is 16.3. The second-order valence-corrected chi connectivity index (χ2v) is 8.43. The van der Waals surface area contributed by atoms with E-state index in [4.69, 9.17) is 21.1 Å². The Kier molecular flexibility index (Phi) is 6.17. The molecule has 3 rings (SSSR count). The molecule has 1 heterocycles. The molecule has 1 atom stereocenters. The number of nitrogens with zero attached hydrogens (tertiary/aromatic N) is 1. The first-order chi connectivity index (χ1) is 14.0. The van der Waals surface area contributed by atoms with Gasteiger partial charge in [0, 0.05) is 5.39 Å². The van der Waals surface area contributed by atoms with Crippen molar-refractivity contribution in [3.8, 4) is 0 Å². The molecule has 1 aromatic heterocycles. The Morgan fingerprint density at radius 1 is 1.17 bits per heavy atom. The van der Waals surface area contributed by atoms with Crippen LogP contribution in [0, 0.1) is 12.7 Å². The highest BCUT2D eigenvalue weighted by Gasteiger charge is 2.21. The number of benzene rings is 2. The van der Waals surface area contributed by atoms with Crippen LogP contribution in [0.1, 0.15) is 44.9 Å². The number of hydrogen-bond acceptors (Lipinski definition) is 5. The lowest BCUT2D eigenvalue weighted by atomic mass is 10.1. The van der Waals surface area contributed by atoms with Gasteiger partial charge in [-0.05, 0) is 70.0 Å². The molecular formula is C23H24ClFN2O3. The van der Waals surface area contributed by atoms with Gasteiger partial charge in [-0.1, -0.05) is 29.8 Å². The van der Waals surface area contributed by atoms with Crippen LogP contribution in [-0.2, 0) is 9.47 Å². The Labute approximate surface area is 180 Å². The zero-order chi connectivity index (χ0) is 22.1. The van der Waals surface area contributed by atoms with Crippen LogP contribution in [0.25, 0.3) is 10.9 Å². The average Bonchev–Trinajstić information content (AvgIpc) is 2.65. The predicted octanol–water partition coefficient (Wildman–Crippen LogP) is 7.09. The Hall–Kier alpha value is -2.86. The highest BCUT2D eigenvalue weighted by molar-refractivity contribution is 6.35. The van der Waals surface area contributed by atoms with Crippen LogP contribution in [0.2, 0.25) is 5.02 Å². The fraction of sp³-hybridized carbons (Fsp3) is 0.304. The van der Waals surface area contributed by atoms with Crippen molar-refractivity contribution in [2.75, 3.05) is 5.32 Å². The first-order valence-electron chi connectivity index (χ1n) is 9.55. The number of fused-ring (bicyclic) bond motifs is 1. The van der Waals surface area contributed by atoms with Gasteiger partial charge in [0.2, 0.25) is 0 Å². The normalized spacial score (nSPS) is 12.5. The van der Waals surface area contributed by atoms with Gasteiger partial charge >= 0.3 is 6.16 Å². The molecule has 3 aromatic rings. The average molecular weight is 431 g/mol. The Balaban J connectivity index is 1.76. The van der Waals surface area contributed by atoms with Gasteiger partial charge in [-0.25, -0.2) is 14.2 Å². The first-order valence-corrected chi connectivity index (χ1v) is 9.93. The molecule has 7 heteroatoms. The summed E-state index contributed by atoms with van der Waals surface area (Å²) in [6, 6.07) is 12.1. The van der Waals surface area contributed by atoms with E-state index in [2.05, 4.69) is 10.3 Å². The van der Waals surface area contributed by atoms with E-state index in [1.54, 1.807) is 45.9 Å². The number of hydrogen-bond donors (Lipinski definition) is 1. The quantitative estimate of drug-likeness (QED) is 0.447. The number of rotatable bonds is 4.